The average Bonchev–Trinajstić information content (AvgIpc) is 2.76. The minimum Gasteiger partial charge on any atom is -0.481 e. The Kier molecular flexibility index (Phi) is 8.63. The van der Waals surface area contributed by atoms with E-state index in [1.165, 1.54) is 0 Å². The van der Waals surface area contributed by atoms with Crippen molar-refractivity contribution in [1.82, 2.24) is 0 Å². The number of primary amides is 1. The second-order valence-corrected chi connectivity index (χ2v) is 8.49. The van der Waals surface area contributed by atoms with Crippen LogP contribution in [0, 0.1) is 22.7 Å². The zero-order valence-electron chi connectivity index (χ0n) is 18.3. The number of carboxylic acids is 1. The number of aliphatic carboxylic acids is 1. The number of nitroso groups, excluding NO2 is 1. The third-order valence-corrected chi connectivity index (χ3v) is 6.00. The van der Waals surface area contributed by atoms with Gasteiger partial charge in [0.1, 0.15) is 6.04 Å². The fourth-order valence-corrected chi connectivity index (χ4v) is 4.39. The van der Waals surface area contributed by atoms with Gasteiger partial charge in [-0.25, -0.2) is 0 Å². The molecule has 0 aliphatic heterocycles. The molecule has 0 radical (unpaired) electrons. The summed E-state index contributed by atoms with van der Waals surface area (Å²) in [4.78, 5) is 36.8. The highest BCUT2D eigenvalue weighted by molar-refractivity contribution is 5.85. The van der Waals surface area contributed by atoms with E-state index in [-0.39, 0.29) is 12.8 Å². The lowest BCUT2D eigenvalue weighted by molar-refractivity contribution is -0.155. The molecule has 0 aliphatic carbocycles. The van der Waals surface area contributed by atoms with Crippen molar-refractivity contribution in [3.63, 3.8) is 0 Å². The van der Waals surface area contributed by atoms with Gasteiger partial charge in [-0.3, -0.25) is 9.59 Å². The van der Waals surface area contributed by atoms with Crippen LogP contribution in [0.4, 0.5) is 0 Å². The fourth-order valence-electron chi connectivity index (χ4n) is 4.39. The van der Waals surface area contributed by atoms with Gasteiger partial charge in [-0.1, -0.05) is 79.7 Å². The van der Waals surface area contributed by atoms with E-state index in [1.54, 1.807) is 68.4 Å². The molecule has 2 rings (SSSR count). The highest BCUT2D eigenvalue weighted by Crippen LogP contribution is 2.37. The molecule has 2 aromatic rings. The molecule has 2 aromatic carbocycles. The number of amides is 1. The molecule has 0 fully saturated rings. The van der Waals surface area contributed by atoms with Crippen molar-refractivity contribution in [1.29, 1.82) is 0 Å². The monoisotopic (exact) mass is 441 g/mol. The van der Waals surface area contributed by atoms with Gasteiger partial charge in [0.25, 0.3) is 5.91 Å². The van der Waals surface area contributed by atoms with E-state index in [4.69, 9.17) is 11.5 Å². The number of rotatable bonds is 12. The van der Waals surface area contributed by atoms with E-state index in [2.05, 4.69) is 5.18 Å². The number of carbonyl (C=O) groups is 2. The summed E-state index contributed by atoms with van der Waals surface area (Å²) in [6.07, 6.45) is 0.101. The first kappa shape index (κ1) is 25.2. The lowest BCUT2D eigenvalue weighted by atomic mass is 9.66. The molecular weight excluding hydrogens is 410 g/mol. The standard InChI is InChI=1S/C24H31N3O5/c1-15(2)20(21(27-32)18(22(28)29)13-16-9-5-3-6-10-16)24(31,23(26)30)19(25)14-17-11-7-4-8-12-17/h3-12,15,18-21,31H,13-14,25H2,1-2H3,(H2,26,30)(H,28,29). The molecule has 0 saturated heterocycles. The Morgan fingerprint density at radius 2 is 1.44 bits per heavy atom. The number of carbonyl (C=O) groups excluding carboxylic acids is 1. The molecule has 0 heterocycles. The van der Waals surface area contributed by atoms with E-state index in [0.717, 1.165) is 5.56 Å². The average molecular weight is 442 g/mol. The van der Waals surface area contributed by atoms with Crippen LogP contribution >= 0.6 is 0 Å². The first-order chi connectivity index (χ1) is 15.1. The van der Waals surface area contributed by atoms with Gasteiger partial charge in [0.15, 0.2) is 5.60 Å². The molecule has 1 amide bonds. The molecule has 6 N–H and O–H groups in total. The summed E-state index contributed by atoms with van der Waals surface area (Å²) in [6, 6.07) is 15.2. The Bertz CT molecular complexity index is 906. The molecule has 0 bridgehead atoms. The maximum Gasteiger partial charge on any atom is 0.309 e. The van der Waals surface area contributed by atoms with Gasteiger partial charge in [-0.15, -0.1) is 0 Å². The van der Waals surface area contributed by atoms with E-state index < -0.39 is 47.3 Å². The summed E-state index contributed by atoms with van der Waals surface area (Å²) in [5.41, 5.74) is 11.0. The van der Waals surface area contributed by atoms with Crippen LogP contribution in [0.25, 0.3) is 0 Å². The highest BCUT2D eigenvalue weighted by atomic mass is 16.4. The zero-order valence-corrected chi connectivity index (χ0v) is 18.3. The van der Waals surface area contributed by atoms with Gasteiger partial charge in [0, 0.05) is 12.0 Å². The van der Waals surface area contributed by atoms with Crippen LogP contribution in [0.3, 0.4) is 0 Å². The minimum absolute atomic E-state index is 0.00142. The highest BCUT2D eigenvalue weighted by Gasteiger charge is 2.55. The van der Waals surface area contributed by atoms with Gasteiger partial charge >= 0.3 is 5.97 Å². The van der Waals surface area contributed by atoms with Crippen molar-refractivity contribution in [3.8, 4) is 0 Å². The summed E-state index contributed by atoms with van der Waals surface area (Å²) in [7, 11) is 0. The molecule has 0 saturated carbocycles. The molecule has 5 unspecified atom stereocenters. The van der Waals surface area contributed by atoms with E-state index >= 15 is 0 Å². The molecular formula is C24H31N3O5. The third kappa shape index (κ3) is 5.57. The zero-order chi connectivity index (χ0) is 23.9. The Labute approximate surface area is 187 Å². The topological polar surface area (TPSA) is 156 Å². The smallest absolute Gasteiger partial charge is 0.309 e. The van der Waals surface area contributed by atoms with Crippen LogP contribution in [0.15, 0.2) is 65.8 Å². The summed E-state index contributed by atoms with van der Waals surface area (Å²) >= 11 is 0. The Hall–Kier alpha value is -3.10. The Balaban J connectivity index is 2.49. The summed E-state index contributed by atoms with van der Waals surface area (Å²) in [5.74, 6) is -5.38. The van der Waals surface area contributed by atoms with Crippen molar-refractivity contribution in [2.45, 2.75) is 44.4 Å². The second kappa shape index (κ2) is 11.0. The Morgan fingerprint density at radius 3 is 1.81 bits per heavy atom. The fraction of sp³-hybridized carbons (Fsp3) is 0.417. The summed E-state index contributed by atoms with van der Waals surface area (Å²) in [5, 5.41) is 24.6. The quantitative estimate of drug-likeness (QED) is 0.370. The van der Waals surface area contributed by atoms with Crippen LogP contribution in [-0.4, -0.2) is 39.8 Å². The number of aliphatic hydroxyl groups is 1. The van der Waals surface area contributed by atoms with Gasteiger partial charge in [0.2, 0.25) is 0 Å². The number of nitrogens with zero attached hydrogens (tertiary/aromatic N) is 1. The van der Waals surface area contributed by atoms with Gasteiger partial charge in [0.05, 0.1) is 5.92 Å². The molecule has 172 valence electrons. The maximum atomic E-state index is 12.6. The SMILES string of the molecule is CC(C)C(C(N=O)C(Cc1ccccc1)C(=O)O)C(O)(C(N)=O)C(N)Cc1ccccc1. The van der Waals surface area contributed by atoms with Crippen molar-refractivity contribution in [2.75, 3.05) is 0 Å². The predicted molar refractivity (Wildman–Crippen MR) is 121 cm³/mol. The number of hydrogen-bond donors (Lipinski definition) is 4. The van der Waals surface area contributed by atoms with Gasteiger partial charge in [-0.05, 0) is 29.9 Å². The van der Waals surface area contributed by atoms with Crippen LogP contribution in [0.5, 0.6) is 0 Å². The minimum atomic E-state index is -2.35. The molecule has 8 nitrogen and oxygen atoms in total. The summed E-state index contributed by atoms with van der Waals surface area (Å²) < 4.78 is 0. The van der Waals surface area contributed by atoms with E-state index in [1.807, 2.05) is 6.07 Å². The normalized spacial score (nSPS) is 17.0. The molecule has 5 atom stereocenters. The van der Waals surface area contributed by atoms with Gasteiger partial charge < -0.3 is 21.7 Å². The Morgan fingerprint density at radius 1 is 0.969 bits per heavy atom. The van der Waals surface area contributed by atoms with Crippen LogP contribution < -0.4 is 11.5 Å². The van der Waals surface area contributed by atoms with E-state index in [9.17, 15) is 24.7 Å². The van der Waals surface area contributed by atoms with Crippen LogP contribution in [0.2, 0.25) is 0 Å². The predicted octanol–water partition coefficient (Wildman–Crippen LogP) is 2.12. The van der Waals surface area contributed by atoms with Gasteiger partial charge in [-0.2, -0.15) is 4.91 Å². The number of benzene rings is 2. The lowest BCUT2D eigenvalue weighted by Crippen LogP contribution is -2.66. The molecule has 32 heavy (non-hydrogen) atoms. The number of nitrogens with two attached hydrogens (primary N) is 2. The molecule has 0 aliphatic rings. The van der Waals surface area contributed by atoms with Crippen molar-refractivity contribution in [3.05, 3.63) is 76.7 Å². The first-order valence-corrected chi connectivity index (χ1v) is 10.5. The molecule has 8 heteroatoms. The second-order valence-electron chi connectivity index (χ2n) is 8.49. The lowest BCUT2D eigenvalue weighted by Gasteiger charge is -2.43. The molecule has 0 spiro atoms. The van der Waals surface area contributed by atoms with Crippen molar-refractivity contribution >= 4 is 11.9 Å². The van der Waals surface area contributed by atoms with Crippen molar-refractivity contribution < 1.29 is 19.8 Å². The van der Waals surface area contributed by atoms with Crippen LogP contribution in [0.1, 0.15) is 25.0 Å². The first-order valence-electron chi connectivity index (χ1n) is 10.5. The van der Waals surface area contributed by atoms with E-state index in [0.29, 0.717) is 5.56 Å². The molecule has 0 aromatic heterocycles. The maximum absolute atomic E-state index is 12.6. The summed E-state index contributed by atoms with van der Waals surface area (Å²) in [6.45, 7) is 3.35. The number of hydrogen-bond acceptors (Lipinski definition) is 6. The number of carboxylic acid groups (broad SMARTS) is 1. The van der Waals surface area contributed by atoms with Crippen LogP contribution in [-0.2, 0) is 22.4 Å². The largest absolute Gasteiger partial charge is 0.481 e. The van der Waals surface area contributed by atoms with Crippen molar-refractivity contribution in [2.24, 2.45) is 34.4 Å². The third-order valence-electron chi connectivity index (χ3n) is 6.00.